The van der Waals surface area contributed by atoms with Gasteiger partial charge in [0, 0.05) is 13.2 Å². The van der Waals surface area contributed by atoms with Crippen LogP contribution in [0.3, 0.4) is 0 Å². The molecular weight excluding hydrogens is 104 g/mol. The van der Waals surface area contributed by atoms with Gasteiger partial charge in [-0.25, -0.2) is 4.79 Å². The maximum Gasteiger partial charge on any atom is 0.318 e. The van der Waals surface area contributed by atoms with Gasteiger partial charge in [-0.05, 0) is 6.92 Å². The lowest BCUT2D eigenvalue weighted by atomic mass is 10.6. The third kappa shape index (κ3) is 2.23. The van der Waals surface area contributed by atoms with Crippen molar-refractivity contribution in [3.8, 4) is 0 Å². The second-order valence-electron chi connectivity index (χ2n) is 1.43. The number of hydrogen-bond donors (Lipinski definition) is 1. The number of carbonyl (C=O) groups is 1. The predicted octanol–water partition coefficient (Wildman–Crippen LogP) is 0.531. The molecule has 0 aliphatic heterocycles. The minimum absolute atomic E-state index is 0.442. The summed E-state index contributed by atoms with van der Waals surface area (Å²) in [7, 11) is 1.60. The lowest BCUT2D eigenvalue weighted by Gasteiger charge is -2.04. The Bertz CT molecular complexity index is 109. The molecule has 0 unspecified atom stereocenters. The molecule has 3 heteroatoms. The van der Waals surface area contributed by atoms with Gasteiger partial charge in [0.15, 0.2) is 0 Å². The van der Waals surface area contributed by atoms with Crippen LogP contribution in [0.1, 0.15) is 6.92 Å². The summed E-state index contributed by atoms with van der Waals surface area (Å²) in [6.45, 7) is 1.82. The van der Waals surface area contributed by atoms with Crippen LogP contribution in [0, 0.1) is 0 Å². The van der Waals surface area contributed by atoms with Crippen LogP contribution in [0.4, 0.5) is 4.79 Å². The van der Waals surface area contributed by atoms with Gasteiger partial charge in [0.2, 0.25) is 0 Å². The van der Waals surface area contributed by atoms with Crippen molar-refractivity contribution >= 4 is 6.03 Å². The number of nitrogens with two attached hydrogens (primary N) is 1. The molecule has 0 aliphatic carbocycles. The molecule has 2 N–H and O–H groups in total. The van der Waals surface area contributed by atoms with Crippen LogP contribution in [0.5, 0.6) is 0 Å². The van der Waals surface area contributed by atoms with E-state index in [1.54, 1.807) is 19.3 Å². The van der Waals surface area contributed by atoms with E-state index >= 15 is 0 Å². The molecule has 2 amide bonds. The van der Waals surface area contributed by atoms with Gasteiger partial charge in [-0.3, -0.25) is 0 Å². The first kappa shape index (κ1) is 7.01. The zero-order valence-corrected chi connectivity index (χ0v) is 5.09. The van der Waals surface area contributed by atoms with Gasteiger partial charge in [-0.2, -0.15) is 0 Å². The summed E-state index contributed by atoms with van der Waals surface area (Å²) >= 11 is 0. The SMILES string of the molecule is C/C=C/N(C)C(N)=O. The molecule has 0 atom stereocenters. The fraction of sp³-hybridized carbons (Fsp3) is 0.400. The first-order valence-electron chi connectivity index (χ1n) is 2.33. The van der Waals surface area contributed by atoms with E-state index in [1.807, 2.05) is 6.92 Å². The zero-order chi connectivity index (χ0) is 6.57. The van der Waals surface area contributed by atoms with Crippen LogP contribution in [0.15, 0.2) is 12.3 Å². The number of primary amides is 1. The fourth-order valence-electron chi connectivity index (χ4n) is 0.297. The Kier molecular flexibility index (Phi) is 2.69. The van der Waals surface area contributed by atoms with Crippen molar-refractivity contribution in [2.24, 2.45) is 5.73 Å². The van der Waals surface area contributed by atoms with Crippen molar-refractivity contribution in [3.63, 3.8) is 0 Å². The van der Waals surface area contributed by atoms with Gasteiger partial charge in [-0.15, -0.1) is 0 Å². The van der Waals surface area contributed by atoms with Crippen LogP contribution in [0.25, 0.3) is 0 Å². The van der Waals surface area contributed by atoms with Crippen LogP contribution in [0.2, 0.25) is 0 Å². The lowest BCUT2D eigenvalue weighted by molar-refractivity contribution is 0.231. The van der Waals surface area contributed by atoms with Crippen LogP contribution < -0.4 is 5.73 Å². The average Bonchev–Trinajstić information content (AvgIpc) is 1.67. The van der Waals surface area contributed by atoms with Crippen LogP contribution in [-0.4, -0.2) is 18.0 Å². The summed E-state index contributed by atoms with van der Waals surface area (Å²) in [4.78, 5) is 11.5. The van der Waals surface area contributed by atoms with Gasteiger partial charge in [0.05, 0.1) is 0 Å². The summed E-state index contributed by atoms with van der Waals surface area (Å²) in [5.41, 5.74) is 4.86. The Hall–Kier alpha value is -0.990. The summed E-state index contributed by atoms with van der Waals surface area (Å²) in [6.07, 6.45) is 3.34. The summed E-state index contributed by atoms with van der Waals surface area (Å²) in [5, 5.41) is 0. The highest BCUT2D eigenvalue weighted by Crippen LogP contribution is 1.80. The quantitative estimate of drug-likeness (QED) is 0.531. The second kappa shape index (κ2) is 3.07. The van der Waals surface area contributed by atoms with Crippen molar-refractivity contribution in [2.75, 3.05) is 7.05 Å². The van der Waals surface area contributed by atoms with Gasteiger partial charge < -0.3 is 10.6 Å². The van der Waals surface area contributed by atoms with Crippen molar-refractivity contribution in [2.45, 2.75) is 6.92 Å². The first-order valence-corrected chi connectivity index (χ1v) is 2.33. The van der Waals surface area contributed by atoms with E-state index in [9.17, 15) is 4.79 Å². The van der Waals surface area contributed by atoms with E-state index in [2.05, 4.69) is 0 Å². The molecule has 0 heterocycles. The third-order valence-electron chi connectivity index (χ3n) is 0.720. The molecule has 0 aromatic rings. The first-order chi connectivity index (χ1) is 3.68. The summed E-state index contributed by atoms with van der Waals surface area (Å²) in [6, 6.07) is -0.442. The predicted molar refractivity (Wildman–Crippen MR) is 32.2 cm³/mol. The summed E-state index contributed by atoms with van der Waals surface area (Å²) < 4.78 is 0. The normalized spacial score (nSPS) is 9.75. The average molecular weight is 114 g/mol. The maximum atomic E-state index is 10.2. The number of carbonyl (C=O) groups excluding carboxylic acids is 1. The van der Waals surface area contributed by atoms with E-state index in [4.69, 9.17) is 5.73 Å². The number of amides is 2. The highest BCUT2D eigenvalue weighted by Gasteiger charge is 1.93. The highest BCUT2D eigenvalue weighted by atomic mass is 16.2. The Balaban J connectivity index is 3.64. The maximum absolute atomic E-state index is 10.2. The van der Waals surface area contributed by atoms with Crippen LogP contribution in [-0.2, 0) is 0 Å². The van der Waals surface area contributed by atoms with Gasteiger partial charge >= 0.3 is 6.03 Å². The molecule has 0 fully saturated rings. The zero-order valence-electron chi connectivity index (χ0n) is 5.09. The molecule has 46 valence electrons. The van der Waals surface area contributed by atoms with E-state index in [0.29, 0.717) is 0 Å². The Labute approximate surface area is 48.8 Å². The number of nitrogens with zero attached hydrogens (tertiary/aromatic N) is 1. The molecule has 0 aliphatic rings. The number of urea groups is 1. The Morgan fingerprint density at radius 3 is 2.38 bits per heavy atom. The minimum atomic E-state index is -0.442. The van der Waals surface area contributed by atoms with Crippen molar-refractivity contribution < 1.29 is 4.79 Å². The molecule has 0 radical (unpaired) electrons. The third-order valence-corrected chi connectivity index (χ3v) is 0.720. The molecular formula is C5H10N2O. The number of allylic oxidation sites excluding steroid dienone is 1. The Morgan fingerprint density at radius 2 is 2.25 bits per heavy atom. The number of hydrogen-bond acceptors (Lipinski definition) is 1. The van der Waals surface area contributed by atoms with E-state index in [0.717, 1.165) is 0 Å². The molecule has 0 spiro atoms. The second-order valence-corrected chi connectivity index (χ2v) is 1.43. The largest absolute Gasteiger partial charge is 0.351 e. The van der Waals surface area contributed by atoms with E-state index < -0.39 is 6.03 Å². The van der Waals surface area contributed by atoms with Crippen LogP contribution >= 0.6 is 0 Å². The standard InChI is InChI=1S/C5H10N2O/c1-3-4-7(2)5(6)8/h3-4H,1-2H3,(H2,6,8)/b4-3+. The minimum Gasteiger partial charge on any atom is -0.351 e. The fourth-order valence-corrected chi connectivity index (χ4v) is 0.297. The highest BCUT2D eigenvalue weighted by molar-refractivity contribution is 5.72. The molecule has 8 heavy (non-hydrogen) atoms. The molecule has 0 saturated heterocycles. The lowest BCUT2D eigenvalue weighted by Crippen LogP contribution is -2.26. The van der Waals surface area contributed by atoms with E-state index in [-0.39, 0.29) is 0 Å². The van der Waals surface area contributed by atoms with Gasteiger partial charge in [-0.1, -0.05) is 6.08 Å². The van der Waals surface area contributed by atoms with Crippen molar-refractivity contribution in [3.05, 3.63) is 12.3 Å². The molecule has 0 rings (SSSR count). The Morgan fingerprint density at radius 1 is 1.75 bits per heavy atom. The molecule has 0 aromatic heterocycles. The van der Waals surface area contributed by atoms with Crippen molar-refractivity contribution in [1.82, 2.24) is 4.90 Å². The molecule has 3 nitrogen and oxygen atoms in total. The molecule has 0 saturated carbocycles. The smallest absolute Gasteiger partial charge is 0.318 e. The molecule has 0 aromatic carbocycles. The van der Waals surface area contributed by atoms with Gasteiger partial charge in [0.25, 0.3) is 0 Å². The van der Waals surface area contributed by atoms with Crippen molar-refractivity contribution in [1.29, 1.82) is 0 Å². The summed E-state index contributed by atoms with van der Waals surface area (Å²) in [5.74, 6) is 0. The molecule has 0 bridgehead atoms. The van der Waals surface area contributed by atoms with E-state index in [1.165, 1.54) is 4.90 Å². The van der Waals surface area contributed by atoms with Gasteiger partial charge in [0.1, 0.15) is 0 Å². The topological polar surface area (TPSA) is 46.3 Å². The monoisotopic (exact) mass is 114 g/mol. The number of rotatable bonds is 1.